The van der Waals surface area contributed by atoms with E-state index >= 15 is 0 Å². The van der Waals surface area contributed by atoms with Crippen LogP contribution >= 0.6 is 0 Å². The van der Waals surface area contributed by atoms with E-state index in [1.807, 2.05) is 42.6 Å². The predicted molar refractivity (Wildman–Crippen MR) is 74.9 cm³/mol. The van der Waals surface area contributed by atoms with Crippen LogP contribution in [0.25, 0.3) is 21.9 Å². The van der Waals surface area contributed by atoms with E-state index in [2.05, 4.69) is 32.1 Å². The lowest BCUT2D eigenvalue weighted by Crippen LogP contribution is -2.01. The molecule has 0 unspecified atom stereocenters. The van der Waals surface area contributed by atoms with Crippen LogP contribution in [0.3, 0.4) is 0 Å². The minimum Gasteiger partial charge on any atom is -0.265 e. The van der Waals surface area contributed by atoms with Gasteiger partial charge in [0.25, 0.3) is 0 Å². The van der Waals surface area contributed by atoms with Crippen molar-refractivity contribution >= 4 is 21.9 Å². The summed E-state index contributed by atoms with van der Waals surface area (Å²) < 4.78 is 2.06. The largest absolute Gasteiger partial charge is 0.265 e. The third-order valence-electron chi connectivity index (χ3n) is 3.37. The summed E-state index contributed by atoms with van der Waals surface area (Å²) in [4.78, 5) is 4.34. The molecule has 0 amide bonds. The zero-order chi connectivity index (χ0) is 12.7. The van der Waals surface area contributed by atoms with Gasteiger partial charge in [0, 0.05) is 11.6 Å². The summed E-state index contributed by atoms with van der Waals surface area (Å²) in [6.07, 6.45) is 1.84. The smallest absolute Gasteiger partial charge is 0.111 e. The van der Waals surface area contributed by atoms with Crippen LogP contribution in [0.1, 0.15) is 5.56 Å². The molecule has 0 aliphatic carbocycles. The highest BCUT2D eigenvalue weighted by Gasteiger charge is 2.08. The fraction of sp³-hybridized carbons (Fsp3) is 0.0667. The van der Waals surface area contributed by atoms with Crippen molar-refractivity contribution < 1.29 is 0 Å². The molecule has 4 heteroatoms. The lowest BCUT2D eigenvalue weighted by Gasteiger charge is -2.04. The third-order valence-corrected chi connectivity index (χ3v) is 3.37. The summed E-state index contributed by atoms with van der Waals surface area (Å²) in [5, 5.41) is 8.58. The first-order valence-electron chi connectivity index (χ1n) is 6.24. The Morgan fingerprint density at radius 2 is 1.79 bits per heavy atom. The molecular weight excluding hydrogens is 236 g/mol. The lowest BCUT2D eigenvalue weighted by atomic mass is 10.2. The molecule has 0 bridgehead atoms. The number of hydrogen-bond donors (Lipinski definition) is 1. The van der Waals surface area contributed by atoms with Gasteiger partial charge in [0.1, 0.15) is 5.52 Å². The Kier molecular flexibility index (Phi) is 2.14. The average Bonchev–Trinajstić information content (AvgIpc) is 3.06. The summed E-state index contributed by atoms with van der Waals surface area (Å²) in [5.41, 5.74) is 4.33. The van der Waals surface area contributed by atoms with Crippen LogP contribution < -0.4 is 0 Å². The summed E-state index contributed by atoms with van der Waals surface area (Å²) in [7, 11) is 0. The second-order valence-electron chi connectivity index (χ2n) is 4.59. The fourth-order valence-corrected chi connectivity index (χ4v) is 2.47. The van der Waals surface area contributed by atoms with E-state index in [-0.39, 0.29) is 0 Å². The van der Waals surface area contributed by atoms with E-state index in [0.29, 0.717) is 0 Å². The number of aromatic nitrogens is 4. The number of hydrogen-bond acceptors (Lipinski definition) is 2. The second-order valence-corrected chi connectivity index (χ2v) is 4.59. The van der Waals surface area contributed by atoms with Gasteiger partial charge in [-0.05, 0) is 23.8 Å². The number of nitrogens with one attached hydrogen (secondary N) is 1. The van der Waals surface area contributed by atoms with E-state index in [4.69, 9.17) is 0 Å². The Morgan fingerprint density at radius 3 is 2.68 bits per heavy atom. The van der Waals surface area contributed by atoms with Crippen molar-refractivity contribution in [2.75, 3.05) is 0 Å². The number of aromatic amines is 1. The van der Waals surface area contributed by atoms with Gasteiger partial charge in [0.15, 0.2) is 0 Å². The number of fused-ring (bicyclic) bond motifs is 3. The number of benzene rings is 2. The minimum atomic E-state index is 0.779. The quantitative estimate of drug-likeness (QED) is 0.593. The lowest BCUT2D eigenvalue weighted by molar-refractivity contribution is 0.671. The van der Waals surface area contributed by atoms with E-state index in [1.54, 1.807) is 0 Å². The Bertz CT molecular complexity index is 842. The maximum atomic E-state index is 4.35. The second kappa shape index (κ2) is 3.95. The monoisotopic (exact) mass is 248 g/mol. The first-order chi connectivity index (χ1) is 9.42. The van der Waals surface area contributed by atoms with Crippen molar-refractivity contribution in [1.82, 2.24) is 20.0 Å². The predicted octanol–water partition coefficient (Wildman–Crippen LogP) is 2.96. The van der Waals surface area contributed by atoms with Gasteiger partial charge in [-0.25, -0.2) is 5.21 Å². The molecule has 0 aliphatic heterocycles. The SMILES string of the molecule is c1ccc(Cn2[nH]nc3ccc4nccc4c32)cc1. The molecule has 0 aliphatic rings. The number of H-pyrrole nitrogens is 1. The molecule has 19 heavy (non-hydrogen) atoms. The van der Waals surface area contributed by atoms with E-state index in [0.717, 1.165) is 28.5 Å². The van der Waals surface area contributed by atoms with Crippen LogP contribution in [-0.2, 0) is 6.54 Å². The Labute approximate surface area is 109 Å². The third kappa shape index (κ3) is 1.61. The summed E-state index contributed by atoms with van der Waals surface area (Å²) in [6.45, 7) is 0.779. The van der Waals surface area contributed by atoms with Crippen LogP contribution in [0.2, 0.25) is 0 Å². The van der Waals surface area contributed by atoms with Gasteiger partial charge >= 0.3 is 0 Å². The molecule has 4 rings (SSSR count). The molecule has 4 aromatic rings. The minimum absolute atomic E-state index is 0.779. The van der Waals surface area contributed by atoms with Crippen LogP contribution in [0, 0.1) is 0 Å². The van der Waals surface area contributed by atoms with Crippen LogP contribution in [0.5, 0.6) is 0 Å². The summed E-state index contributed by atoms with van der Waals surface area (Å²) in [6, 6.07) is 16.4. The molecule has 1 N–H and O–H groups in total. The maximum absolute atomic E-state index is 4.35. The van der Waals surface area contributed by atoms with E-state index in [1.165, 1.54) is 5.56 Å². The molecule has 4 nitrogen and oxygen atoms in total. The van der Waals surface area contributed by atoms with Crippen LogP contribution in [0.4, 0.5) is 0 Å². The molecule has 0 fully saturated rings. The van der Waals surface area contributed by atoms with Crippen molar-refractivity contribution in [3.05, 3.63) is 60.3 Å². The molecule has 92 valence electrons. The molecular formula is C15H12N4. The Balaban J connectivity index is 1.92. The summed E-state index contributed by atoms with van der Waals surface area (Å²) in [5.74, 6) is 0. The molecule has 0 atom stereocenters. The zero-order valence-corrected chi connectivity index (χ0v) is 10.2. The molecule has 0 spiro atoms. The van der Waals surface area contributed by atoms with Gasteiger partial charge in [0.2, 0.25) is 0 Å². The van der Waals surface area contributed by atoms with Crippen molar-refractivity contribution in [2.24, 2.45) is 0 Å². The fourth-order valence-electron chi connectivity index (χ4n) is 2.47. The Morgan fingerprint density at radius 1 is 0.947 bits per heavy atom. The van der Waals surface area contributed by atoms with Gasteiger partial charge in [0.05, 0.1) is 17.6 Å². The molecule has 0 saturated heterocycles. The van der Waals surface area contributed by atoms with Gasteiger partial charge in [-0.1, -0.05) is 30.3 Å². The first kappa shape index (κ1) is 10.3. The van der Waals surface area contributed by atoms with Crippen molar-refractivity contribution in [3.8, 4) is 0 Å². The molecule has 2 aromatic carbocycles. The van der Waals surface area contributed by atoms with Gasteiger partial charge in [-0.3, -0.25) is 9.67 Å². The summed E-state index contributed by atoms with van der Waals surface area (Å²) >= 11 is 0. The Hall–Kier alpha value is -2.62. The zero-order valence-electron chi connectivity index (χ0n) is 10.2. The van der Waals surface area contributed by atoms with E-state index in [9.17, 15) is 0 Å². The first-order valence-corrected chi connectivity index (χ1v) is 6.24. The highest BCUT2D eigenvalue weighted by atomic mass is 15.4. The van der Waals surface area contributed by atoms with Crippen LogP contribution in [-0.4, -0.2) is 20.0 Å². The maximum Gasteiger partial charge on any atom is 0.111 e. The highest BCUT2D eigenvalue weighted by Crippen LogP contribution is 2.23. The van der Waals surface area contributed by atoms with Crippen LogP contribution in [0.15, 0.2) is 54.7 Å². The standard InChI is InChI=1S/C15H12N4/c1-2-4-11(5-3-1)10-19-15-12-8-9-16-13(12)6-7-14(15)17-18-19/h1-9,18H,10H2. The molecule has 2 aromatic heterocycles. The normalized spacial score (nSPS) is 11.4. The highest BCUT2D eigenvalue weighted by molar-refractivity contribution is 6.02. The molecule has 2 heterocycles. The van der Waals surface area contributed by atoms with E-state index < -0.39 is 0 Å². The average molecular weight is 248 g/mol. The van der Waals surface area contributed by atoms with Gasteiger partial charge < -0.3 is 0 Å². The number of nitrogens with zero attached hydrogens (tertiary/aromatic N) is 3. The molecule has 0 saturated carbocycles. The van der Waals surface area contributed by atoms with Crippen molar-refractivity contribution in [3.63, 3.8) is 0 Å². The van der Waals surface area contributed by atoms with Crippen molar-refractivity contribution in [2.45, 2.75) is 6.54 Å². The van der Waals surface area contributed by atoms with Gasteiger partial charge in [-0.15, -0.1) is 0 Å². The number of rotatable bonds is 2. The van der Waals surface area contributed by atoms with Crippen molar-refractivity contribution in [1.29, 1.82) is 0 Å². The van der Waals surface area contributed by atoms with Gasteiger partial charge in [-0.2, -0.15) is 5.10 Å². The topological polar surface area (TPSA) is 46.5 Å². The molecule has 0 radical (unpaired) electrons.